The minimum absolute atomic E-state index is 0.155. The molecule has 0 spiro atoms. The van der Waals surface area contributed by atoms with Gasteiger partial charge < -0.3 is 4.74 Å². The lowest BCUT2D eigenvalue weighted by Crippen LogP contribution is -1.96. The van der Waals surface area contributed by atoms with E-state index in [2.05, 4.69) is 4.98 Å². The summed E-state index contributed by atoms with van der Waals surface area (Å²) in [7, 11) is 1.44. The number of rotatable bonds is 3. The lowest BCUT2D eigenvalue weighted by Gasteiger charge is -2.10. The molecule has 0 aliphatic rings. The van der Waals surface area contributed by atoms with Crippen LogP contribution in [0.4, 0.5) is 8.78 Å². The number of carbonyl (C=O) groups is 1. The minimum Gasteiger partial charge on any atom is -0.497 e. The predicted octanol–water partition coefficient (Wildman–Crippen LogP) is 4.39. The number of halogens is 2. The second kappa shape index (κ2) is 5.76. The molecule has 0 radical (unpaired) electrons. The van der Waals surface area contributed by atoms with Crippen LogP contribution in [0.25, 0.3) is 22.0 Å². The Labute approximate surface area is 131 Å². The molecule has 1 heterocycles. The van der Waals surface area contributed by atoms with Crippen molar-refractivity contribution in [3.05, 3.63) is 59.8 Å². The standard InChI is InChI=1S/C18H13F2NO2/c1-10(22)11-3-5-13-15(7-11)18(21-9-17(13)20)14-6-4-12(23-2)8-16(14)19/h3-9H,1-2H3. The summed E-state index contributed by atoms with van der Waals surface area (Å²) in [5, 5.41) is 0.678. The van der Waals surface area contributed by atoms with Crippen LogP contribution in [0, 0.1) is 11.6 Å². The number of Topliss-reactive ketones (excluding diaryl/α,β-unsaturated/α-hetero) is 1. The topological polar surface area (TPSA) is 39.2 Å². The third-order valence-electron chi connectivity index (χ3n) is 3.68. The molecule has 0 bridgehead atoms. The number of ketones is 1. The van der Waals surface area contributed by atoms with Gasteiger partial charge in [0.05, 0.1) is 19.0 Å². The monoisotopic (exact) mass is 313 g/mol. The fourth-order valence-electron chi connectivity index (χ4n) is 2.46. The van der Waals surface area contributed by atoms with E-state index in [0.29, 0.717) is 16.7 Å². The summed E-state index contributed by atoms with van der Waals surface area (Å²) in [5.41, 5.74) is 0.918. The molecule has 0 fully saturated rings. The van der Waals surface area contributed by atoms with Crippen molar-refractivity contribution in [3.8, 4) is 17.0 Å². The molecule has 3 aromatic rings. The van der Waals surface area contributed by atoms with Gasteiger partial charge in [0, 0.05) is 28.0 Å². The Hall–Kier alpha value is -2.82. The molecule has 23 heavy (non-hydrogen) atoms. The summed E-state index contributed by atoms with van der Waals surface area (Å²) in [6.07, 6.45) is 1.05. The lowest BCUT2D eigenvalue weighted by molar-refractivity contribution is 0.101. The fraction of sp³-hybridized carbons (Fsp3) is 0.111. The number of carbonyl (C=O) groups excluding carboxylic acids is 1. The molecule has 0 N–H and O–H groups in total. The van der Waals surface area contributed by atoms with E-state index in [-0.39, 0.29) is 22.4 Å². The average Bonchev–Trinajstić information content (AvgIpc) is 2.55. The maximum absolute atomic E-state index is 14.3. The average molecular weight is 313 g/mol. The Bertz CT molecular complexity index is 922. The summed E-state index contributed by atoms with van der Waals surface area (Å²) in [6.45, 7) is 1.42. The molecule has 5 heteroatoms. The second-order valence-corrected chi connectivity index (χ2v) is 5.12. The van der Waals surface area contributed by atoms with Gasteiger partial charge in [0.15, 0.2) is 5.78 Å². The Kier molecular flexibility index (Phi) is 3.78. The van der Waals surface area contributed by atoms with Gasteiger partial charge in [-0.25, -0.2) is 8.78 Å². The highest BCUT2D eigenvalue weighted by molar-refractivity contribution is 6.02. The van der Waals surface area contributed by atoms with E-state index in [1.807, 2.05) is 0 Å². The van der Waals surface area contributed by atoms with Gasteiger partial charge in [-0.3, -0.25) is 9.78 Å². The zero-order valence-electron chi connectivity index (χ0n) is 12.6. The van der Waals surface area contributed by atoms with E-state index < -0.39 is 11.6 Å². The van der Waals surface area contributed by atoms with Crippen molar-refractivity contribution >= 4 is 16.6 Å². The van der Waals surface area contributed by atoms with E-state index >= 15 is 0 Å². The first-order valence-electron chi connectivity index (χ1n) is 6.94. The van der Waals surface area contributed by atoms with Gasteiger partial charge in [0.2, 0.25) is 0 Å². The van der Waals surface area contributed by atoms with Crippen LogP contribution in [-0.4, -0.2) is 17.9 Å². The molecule has 3 rings (SSSR count). The van der Waals surface area contributed by atoms with Crippen LogP contribution in [-0.2, 0) is 0 Å². The zero-order chi connectivity index (χ0) is 16.6. The van der Waals surface area contributed by atoms with E-state index in [1.54, 1.807) is 12.1 Å². The predicted molar refractivity (Wildman–Crippen MR) is 83.7 cm³/mol. The summed E-state index contributed by atoms with van der Waals surface area (Å²) in [5.74, 6) is -0.829. The van der Waals surface area contributed by atoms with Gasteiger partial charge in [-0.05, 0) is 25.1 Å². The number of hydrogen-bond donors (Lipinski definition) is 0. The van der Waals surface area contributed by atoms with E-state index in [9.17, 15) is 13.6 Å². The molecule has 0 aliphatic carbocycles. The number of ether oxygens (including phenoxy) is 1. The van der Waals surface area contributed by atoms with Gasteiger partial charge in [-0.1, -0.05) is 12.1 Å². The largest absolute Gasteiger partial charge is 0.497 e. The van der Waals surface area contributed by atoms with Crippen molar-refractivity contribution in [1.29, 1.82) is 0 Å². The molecule has 0 saturated carbocycles. The summed E-state index contributed by atoms with van der Waals surface area (Å²) in [6, 6.07) is 8.95. The maximum Gasteiger partial charge on any atom is 0.159 e. The fourth-order valence-corrected chi connectivity index (χ4v) is 2.46. The summed E-state index contributed by atoms with van der Waals surface area (Å²) < 4.78 is 33.3. The lowest BCUT2D eigenvalue weighted by atomic mass is 10.00. The molecular formula is C18H13F2NO2. The number of aromatic nitrogens is 1. The molecule has 1 aromatic heterocycles. The van der Waals surface area contributed by atoms with Crippen molar-refractivity contribution in [3.63, 3.8) is 0 Å². The Balaban J connectivity index is 2.30. The van der Waals surface area contributed by atoms with Gasteiger partial charge >= 0.3 is 0 Å². The van der Waals surface area contributed by atoms with Crippen LogP contribution in [0.5, 0.6) is 5.75 Å². The van der Waals surface area contributed by atoms with Gasteiger partial charge in [-0.2, -0.15) is 0 Å². The van der Waals surface area contributed by atoms with Crippen molar-refractivity contribution in [2.75, 3.05) is 7.11 Å². The first-order chi connectivity index (χ1) is 11.0. The quantitative estimate of drug-likeness (QED) is 0.673. The van der Waals surface area contributed by atoms with E-state index in [1.165, 1.54) is 38.3 Å². The molecule has 0 saturated heterocycles. The number of pyridine rings is 1. The van der Waals surface area contributed by atoms with Crippen molar-refractivity contribution in [1.82, 2.24) is 4.98 Å². The van der Waals surface area contributed by atoms with Crippen molar-refractivity contribution in [2.24, 2.45) is 0 Å². The first-order valence-corrected chi connectivity index (χ1v) is 6.94. The molecule has 0 amide bonds. The smallest absolute Gasteiger partial charge is 0.159 e. The Morgan fingerprint density at radius 2 is 1.83 bits per heavy atom. The number of methoxy groups -OCH3 is 1. The van der Waals surface area contributed by atoms with Crippen LogP contribution < -0.4 is 4.74 Å². The van der Waals surface area contributed by atoms with Crippen LogP contribution in [0.2, 0.25) is 0 Å². The summed E-state index contributed by atoms with van der Waals surface area (Å²) >= 11 is 0. The third-order valence-corrected chi connectivity index (χ3v) is 3.68. The molecule has 0 aliphatic heterocycles. The highest BCUT2D eigenvalue weighted by atomic mass is 19.1. The first kappa shape index (κ1) is 15.1. The van der Waals surface area contributed by atoms with Crippen molar-refractivity contribution < 1.29 is 18.3 Å². The van der Waals surface area contributed by atoms with Crippen LogP contribution in [0.15, 0.2) is 42.6 Å². The second-order valence-electron chi connectivity index (χ2n) is 5.12. The van der Waals surface area contributed by atoms with Gasteiger partial charge in [-0.15, -0.1) is 0 Å². The molecule has 0 unspecified atom stereocenters. The Morgan fingerprint density at radius 1 is 1.04 bits per heavy atom. The van der Waals surface area contributed by atoms with Crippen LogP contribution in [0.1, 0.15) is 17.3 Å². The molecule has 2 aromatic carbocycles. The maximum atomic E-state index is 14.3. The summed E-state index contributed by atoms with van der Waals surface area (Å²) in [4.78, 5) is 15.6. The van der Waals surface area contributed by atoms with Gasteiger partial charge in [0.25, 0.3) is 0 Å². The normalized spacial score (nSPS) is 10.8. The van der Waals surface area contributed by atoms with Crippen molar-refractivity contribution in [2.45, 2.75) is 6.92 Å². The minimum atomic E-state index is -0.530. The SMILES string of the molecule is COc1ccc(-c2ncc(F)c3ccc(C(C)=O)cc23)c(F)c1. The molecule has 3 nitrogen and oxygen atoms in total. The van der Waals surface area contributed by atoms with E-state index in [0.717, 1.165) is 6.20 Å². The molecular weight excluding hydrogens is 300 g/mol. The zero-order valence-corrected chi connectivity index (χ0v) is 12.6. The number of hydrogen-bond acceptors (Lipinski definition) is 3. The van der Waals surface area contributed by atoms with Crippen LogP contribution >= 0.6 is 0 Å². The Morgan fingerprint density at radius 3 is 2.48 bits per heavy atom. The molecule has 0 atom stereocenters. The third kappa shape index (κ3) is 2.65. The highest BCUT2D eigenvalue weighted by Gasteiger charge is 2.15. The molecule has 116 valence electrons. The number of benzene rings is 2. The van der Waals surface area contributed by atoms with Crippen LogP contribution in [0.3, 0.4) is 0 Å². The van der Waals surface area contributed by atoms with E-state index in [4.69, 9.17) is 4.74 Å². The number of nitrogens with zero attached hydrogens (tertiary/aromatic N) is 1. The number of fused-ring (bicyclic) bond motifs is 1. The van der Waals surface area contributed by atoms with Gasteiger partial charge in [0.1, 0.15) is 17.4 Å². The highest BCUT2D eigenvalue weighted by Crippen LogP contribution is 2.32.